The smallest absolute Gasteiger partial charge is 0.146 e. The lowest BCUT2D eigenvalue weighted by molar-refractivity contribution is -0.118. The summed E-state index contributed by atoms with van der Waals surface area (Å²) in [6.45, 7) is 5.38. The van der Waals surface area contributed by atoms with Crippen LogP contribution < -0.4 is 5.32 Å². The van der Waals surface area contributed by atoms with Crippen molar-refractivity contribution in [1.82, 2.24) is 5.32 Å². The van der Waals surface area contributed by atoms with E-state index in [0.29, 0.717) is 24.7 Å². The summed E-state index contributed by atoms with van der Waals surface area (Å²) in [5.74, 6) is 0.747. The fraction of sp³-hybridized carbons (Fsp3) is 0.462. The zero-order valence-corrected chi connectivity index (χ0v) is 9.49. The Bertz CT molecular complexity index is 293. The molecule has 0 amide bonds. The van der Waals surface area contributed by atoms with E-state index in [1.54, 1.807) is 0 Å². The number of hydrogen-bond donors (Lipinski definition) is 1. The zero-order valence-electron chi connectivity index (χ0n) is 9.49. The molecule has 0 spiro atoms. The quantitative estimate of drug-likeness (QED) is 0.772. The van der Waals surface area contributed by atoms with Gasteiger partial charge in [0.25, 0.3) is 0 Å². The summed E-state index contributed by atoms with van der Waals surface area (Å²) >= 11 is 0. The molecule has 1 rings (SSSR count). The number of carbonyl (C=O) groups is 1. The summed E-state index contributed by atoms with van der Waals surface area (Å²) < 4.78 is 0. The van der Waals surface area contributed by atoms with Crippen LogP contribution in [0.15, 0.2) is 30.3 Å². The Morgan fingerprint density at radius 1 is 1.27 bits per heavy atom. The lowest BCUT2D eigenvalue weighted by atomic mass is 10.1. The highest BCUT2D eigenvalue weighted by molar-refractivity contribution is 5.80. The van der Waals surface area contributed by atoms with Gasteiger partial charge < -0.3 is 5.32 Å². The van der Waals surface area contributed by atoms with Crippen LogP contribution in [0.2, 0.25) is 0 Å². The monoisotopic (exact) mass is 205 g/mol. The zero-order chi connectivity index (χ0) is 11.1. The molecule has 0 aliphatic rings. The Morgan fingerprint density at radius 2 is 1.93 bits per heavy atom. The maximum Gasteiger partial charge on any atom is 0.146 e. The standard InChI is InChI=1S/C13H19NO/c1-11(2)8-13(15)10-14-9-12-6-4-3-5-7-12/h3-7,11,14H,8-10H2,1-2H3. The Morgan fingerprint density at radius 3 is 2.53 bits per heavy atom. The Kier molecular flexibility index (Phi) is 5.05. The Balaban J connectivity index is 2.19. The molecule has 1 aromatic carbocycles. The topological polar surface area (TPSA) is 29.1 Å². The van der Waals surface area contributed by atoms with Crippen molar-refractivity contribution in [2.75, 3.05) is 6.54 Å². The molecule has 15 heavy (non-hydrogen) atoms. The van der Waals surface area contributed by atoms with E-state index in [-0.39, 0.29) is 0 Å². The molecular formula is C13H19NO. The molecule has 82 valence electrons. The van der Waals surface area contributed by atoms with Crippen LogP contribution in [0.1, 0.15) is 25.8 Å². The van der Waals surface area contributed by atoms with Crippen molar-refractivity contribution >= 4 is 5.78 Å². The predicted octanol–water partition coefficient (Wildman–Crippen LogP) is 2.39. The van der Waals surface area contributed by atoms with E-state index < -0.39 is 0 Å². The van der Waals surface area contributed by atoms with E-state index in [0.717, 1.165) is 6.54 Å². The molecule has 1 aromatic rings. The van der Waals surface area contributed by atoms with Crippen molar-refractivity contribution in [2.45, 2.75) is 26.8 Å². The van der Waals surface area contributed by atoms with Crippen molar-refractivity contribution in [3.63, 3.8) is 0 Å². The molecule has 2 heteroatoms. The van der Waals surface area contributed by atoms with Crippen molar-refractivity contribution in [3.05, 3.63) is 35.9 Å². The average molecular weight is 205 g/mol. The van der Waals surface area contributed by atoms with Crippen molar-refractivity contribution < 1.29 is 4.79 Å². The van der Waals surface area contributed by atoms with Crippen LogP contribution in [0.3, 0.4) is 0 Å². The van der Waals surface area contributed by atoms with Gasteiger partial charge in [-0.15, -0.1) is 0 Å². The third-order valence-electron chi connectivity index (χ3n) is 2.13. The molecule has 0 aromatic heterocycles. The first-order valence-corrected chi connectivity index (χ1v) is 5.45. The molecule has 2 nitrogen and oxygen atoms in total. The summed E-state index contributed by atoms with van der Waals surface area (Å²) in [5, 5.41) is 3.16. The number of rotatable bonds is 6. The molecule has 0 radical (unpaired) electrons. The molecule has 0 aliphatic carbocycles. The second-order valence-corrected chi connectivity index (χ2v) is 4.23. The SMILES string of the molecule is CC(C)CC(=O)CNCc1ccccc1. The number of Topliss-reactive ketones (excluding diaryl/α,β-unsaturated/α-hetero) is 1. The normalized spacial score (nSPS) is 10.6. The largest absolute Gasteiger partial charge is 0.306 e. The second kappa shape index (κ2) is 6.36. The third-order valence-corrected chi connectivity index (χ3v) is 2.13. The predicted molar refractivity (Wildman–Crippen MR) is 62.6 cm³/mol. The van der Waals surface area contributed by atoms with Crippen molar-refractivity contribution in [1.29, 1.82) is 0 Å². The van der Waals surface area contributed by atoms with Crippen molar-refractivity contribution in [2.24, 2.45) is 5.92 Å². The first-order chi connectivity index (χ1) is 7.18. The molecular weight excluding hydrogens is 186 g/mol. The summed E-state index contributed by atoms with van der Waals surface area (Å²) in [6, 6.07) is 10.1. The molecule has 1 N–H and O–H groups in total. The van der Waals surface area contributed by atoms with E-state index >= 15 is 0 Å². The molecule has 0 aliphatic heterocycles. The lowest BCUT2D eigenvalue weighted by Gasteiger charge is -2.05. The fourth-order valence-corrected chi connectivity index (χ4v) is 1.47. The molecule has 0 bridgehead atoms. The maximum absolute atomic E-state index is 11.4. The fourth-order valence-electron chi connectivity index (χ4n) is 1.47. The van der Waals surface area contributed by atoms with E-state index in [9.17, 15) is 4.79 Å². The van der Waals surface area contributed by atoms with E-state index in [2.05, 4.69) is 31.3 Å². The summed E-state index contributed by atoms with van der Waals surface area (Å²) in [5.41, 5.74) is 1.22. The molecule has 0 saturated heterocycles. The van der Waals surface area contributed by atoms with Crippen LogP contribution >= 0.6 is 0 Å². The third kappa shape index (κ3) is 5.33. The number of carbonyl (C=O) groups excluding carboxylic acids is 1. The van der Waals surface area contributed by atoms with Gasteiger partial charge in [-0.2, -0.15) is 0 Å². The second-order valence-electron chi connectivity index (χ2n) is 4.23. The lowest BCUT2D eigenvalue weighted by Crippen LogP contribution is -2.23. The van der Waals surface area contributed by atoms with Gasteiger partial charge in [0.15, 0.2) is 0 Å². The first-order valence-electron chi connectivity index (χ1n) is 5.45. The number of benzene rings is 1. The highest BCUT2D eigenvalue weighted by Gasteiger charge is 2.03. The van der Waals surface area contributed by atoms with Crippen LogP contribution in [-0.4, -0.2) is 12.3 Å². The Labute approximate surface area is 91.7 Å². The summed E-state index contributed by atoms with van der Waals surface area (Å²) in [7, 11) is 0. The highest BCUT2D eigenvalue weighted by Crippen LogP contribution is 2.00. The number of ketones is 1. The van der Waals surface area contributed by atoms with Gasteiger partial charge in [0.2, 0.25) is 0 Å². The summed E-state index contributed by atoms with van der Waals surface area (Å²) in [4.78, 5) is 11.4. The minimum Gasteiger partial charge on any atom is -0.306 e. The number of nitrogens with one attached hydrogen (secondary N) is 1. The number of hydrogen-bond acceptors (Lipinski definition) is 2. The van der Waals surface area contributed by atoms with Crippen LogP contribution in [0.5, 0.6) is 0 Å². The van der Waals surface area contributed by atoms with Gasteiger partial charge in [-0.05, 0) is 11.5 Å². The minimum atomic E-state index is 0.293. The van der Waals surface area contributed by atoms with Gasteiger partial charge >= 0.3 is 0 Å². The van der Waals surface area contributed by atoms with E-state index in [1.807, 2.05) is 18.2 Å². The molecule has 0 unspecified atom stereocenters. The van der Waals surface area contributed by atoms with E-state index in [4.69, 9.17) is 0 Å². The van der Waals surface area contributed by atoms with Crippen LogP contribution in [0.4, 0.5) is 0 Å². The van der Waals surface area contributed by atoms with Gasteiger partial charge in [0, 0.05) is 13.0 Å². The van der Waals surface area contributed by atoms with Gasteiger partial charge in [0.1, 0.15) is 5.78 Å². The average Bonchev–Trinajstić information content (AvgIpc) is 2.18. The molecule has 0 fully saturated rings. The molecule has 0 heterocycles. The molecule has 0 atom stereocenters. The highest BCUT2D eigenvalue weighted by atomic mass is 16.1. The molecule has 0 saturated carbocycles. The van der Waals surface area contributed by atoms with E-state index in [1.165, 1.54) is 5.56 Å². The van der Waals surface area contributed by atoms with Crippen molar-refractivity contribution in [3.8, 4) is 0 Å². The maximum atomic E-state index is 11.4. The van der Waals surface area contributed by atoms with Gasteiger partial charge in [0.05, 0.1) is 6.54 Å². The van der Waals surface area contributed by atoms with Gasteiger partial charge in [-0.1, -0.05) is 44.2 Å². The first kappa shape index (κ1) is 11.9. The van der Waals surface area contributed by atoms with Crippen LogP contribution in [-0.2, 0) is 11.3 Å². The van der Waals surface area contributed by atoms with Crippen LogP contribution in [0.25, 0.3) is 0 Å². The van der Waals surface area contributed by atoms with Gasteiger partial charge in [-0.25, -0.2) is 0 Å². The minimum absolute atomic E-state index is 0.293. The summed E-state index contributed by atoms with van der Waals surface area (Å²) in [6.07, 6.45) is 0.668. The van der Waals surface area contributed by atoms with Gasteiger partial charge in [-0.3, -0.25) is 4.79 Å². The Hall–Kier alpha value is -1.15. The van der Waals surface area contributed by atoms with Crippen LogP contribution in [0, 0.1) is 5.92 Å².